The first-order valence-corrected chi connectivity index (χ1v) is 6.78. The van der Waals surface area contributed by atoms with Crippen LogP contribution in [0.3, 0.4) is 0 Å². The Morgan fingerprint density at radius 2 is 1.26 bits per heavy atom. The standard InChI is InChI=1S/C6H14N2.C5H11N.C4H11N/c1-5(2)8(4)6(3)7;1-4(2)5(3)6;1-4(2)3-5/h5H,3,7H2,1-2,4H3;4H,3,6H2,1-2H3;4H,3,5H2,1-2H3. The molecule has 0 aromatic heterocycles. The van der Waals surface area contributed by atoms with Gasteiger partial charge in [0.15, 0.2) is 0 Å². The van der Waals surface area contributed by atoms with Gasteiger partial charge in [-0.25, -0.2) is 0 Å². The van der Waals surface area contributed by atoms with Crippen LogP contribution in [0.5, 0.6) is 0 Å². The lowest BCUT2D eigenvalue weighted by Gasteiger charge is -2.22. The molecule has 116 valence electrons. The second-order valence-electron chi connectivity index (χ2n) is 5.56. The Balaban J connectivity index is -0.000000209. The van der Waals surface area contributed by atoms with Gasteiger partial charge in [-0.1, -0.05) is 40.9 Å². The number of hydrogen-bond donors (Lipinski definition) is 3. The van der Waals surface area contributed by atoms with Gasteiger partial charge in [0, 0.05) is 18.8 Å². The van der Waals surface area contributed by atoms with Crippen LogP contribution in [-0.2, 0) is 0 Å². The molecule has 0 saturated heterocycles. The normalized spacial score (nSPS) is 9.42. The molecule has 0 aromatic rings. The van der Waals surface area contributed by atoms with Crippen LogP contribution in [0.2, 0.25) is 0 Å². The topological polar surface area (TPSA) is 81.3 Å². The maximum atomic E-state index is 5.37. The first-order chi connectivity index (χ1) is 8.47. The first kappa shape index (κ1) is 23.0. The molecule has 4 nitrogen and oxygen atoms in total. The Morgan fingerprint density at radius 1 is 1.00 bits per heavy atom. The monoisotopic (exact) mass is 272 g/mol. The zero-order valence-electron chi connectivity index (χ0n) is 14.0. The average molecular weight is 272 g/mol. The van der Waals surface area contributed by atoms with E-state index in [0.29, 0.717) is 23.7 Å². The molecule has 19 heavy (non-hydrogen) atoms. The molecule has 0 spiro atoms. The minimum absolute atomic E-state index is 0.435. The van der Waals surface area contributed by atoms with Crippen molar-refractivity contribution >= 4 is 0 Å². The number of nitrogens with two attached hydrogens (primary N) is 3. The van der Waals surface area contributed by atoms with Gasteiger partial charge >= 0.3 is 0 Å². The minimum atomic E-state index is 0.435. The first-order valence-electron chi connectivity index (χ1n) is 6.78. The second-order valence-corrected chi connectivity index (χ2v) is 5.56. The van der Waals surface area contributed by atoms with Crippen LogP contribution in [-0.4, -0.2) is 24.5 Å². The Labute approximate surface area is 120 Å². The van der Waals surface area contributed by atoms with Crippen LogP contribution in [0.1, 0.15) is 41.5 Å². The molecular weight excluding hydrogens is 236 g/mol. The number of rotatable bonds is 4. The summed E-state index contributed by atoms with van der Waals surface area (Å²) in [6.07, 6.45) is 0. The number of allylic oxidation sites excluding steroid dienone is 1. The predicted octanol–water partition coefficient (Wildman–Crippen LogP) is 2.47. The fraction of sp³-hybridized carbons (Fsp3) is 0.733. The number of nitrogens with zero attached hydrogens (tertiary/aromatic N) is 1. The van der Waals surface area contributed by atoms with E-state index < -0.39 is 0 Å². The summed E-state index contributed by atoms with van der Waals surface area (Å²) in [6, 6.07) is 0.451. The Kier molecular flexibility index (Phi) is 16.1. The fourth-order valence-electron chi connectivity index (χ4n) is 0.332. The molecule has 0 bridgehead atoms. The summed E-state index contributed by atoms with van der Waals surface area (Å²) in [5.74, 6) is 1.72. The van der Waals surface area contributed by atoms with Crippen LogP contribution in [0, 0.1) is 11.8 Å². The summed E-state index contributed by atoms with van der Waals surface area (Å²) in [5.41, 5.74) is 16.5. The van der Waals surface area contributed by atoms with Gasteiger partial charge in [0.25, 0.3) is 0 Å². The summed E-state index contributed by atoms with van der Waals surface area (Å²) in [5, 5.41) is 0. The molecular formula is C15H36N4. The molecule has 0 unspecified atom stereocenters. The molecule has 0 aliphatic rings. The van der Waals surface area contributed by atoms with E-state index in [2.05, 4.69) is 40.9 Å². The van der Waals surface area contributed by atoms with E-state index in [-0.39, 0.29) is 0 Å². The van der Waals surface area contributed by atoms with Crippen molar-refractivity contribution in [2.45, 2.75) is 47.6 Å². The molecule has 0 fully saturated rings. The lowest BCUT2D eigenvalue weighted by molar-refractivity contribution is 0.342. The molecule has 0 aliphatic heterocycles. The van der Waals surface area contributed by atoms with Gasteiger partial charge in [0.05, 0.1) is 5.82 Å². The van der Waals surface area contributed by atoms with Crippen molar-refractivity contribution < 1.29 is 0 Å². The molecule has 0 atom stereocenters. The highest BCUT2D eigenvalue weighted by molar-refractivity contribution is 4.88. The van der Waals surface area contributed by atoms with Gasteiger partial charge in [-0.15, -0.1) is 0 Å². The zero-order valence-corrected chi connectivity index (χ0v) is 14.0. The molecule has 0 heterocycles. The average Bonchev–Trinajstić information content (AvgIpc) is 2.28. The van der Waals surface area contributed by atoms with Gasteiger partial charge < -0.3 is 22.1 Å². The van der Waals surface area contributed by atoms with Gasteiger partial charge in [-0.2, -0.15) is 0 Å². The third-order valence-electron chi connectivity index (χ3n) is 2.44. The van der Waals surface area contributed by atoms with Gasteiger partial charge in [-0.05, 0) is 32.2 Å². The van der Waals surface area contributed by atoms with Crippen molar-refractivity contribution in [1.82, 2.24) is 4.90 Å². The van der Waals surface area contributed by atoms with Crippen LogP contribution < -0.4 is 17.2 Å². The largest absolute Gasteiger partial charge is 0.402 e. The maximum Gasteiger partial charge on any atom is 0.0911 e. The van der Waals surface area contributed by atoms with Crippen molar-refractivity contribution in [2.75, 3.05) is 13.6 Å². The highest BCUT2D eigenvalue weighted by Gasteiger charge is 1.99. The van der Waals surface area contributed by atoms with E-state index >= 15 is 0 Å². The third-order valence-corrected chi connectivity index (χ3v) is 2.44. The highest BCUT2D eigenvalue weighted by atomic mass is 15.2. The summed E-state index contributed by atoms with van der Waals surface area (Å²) < 4.78 is 0. The molecule has 0 saturated carbocycles. The lowest BCUT2D eigenvalue weighted by atomic mass is 10.2. The van der Waals surface area contributed by atoms with Gasteiger partial charge in [-0.3, -0.25) is 0 Å². The SMILES string of the molecule is C=C(N)C(C)C.C=C(N)N(C)C(C)C.CC(C)CN. The van der Waals surface area contributed by atoms with Gasteiger partial charge in [0.2, 0.25) is 0 Å². The second kappa shape index (κ2) is 13.3. The molecule has 0 rings (SSSR count). The summed E-state index contributed by atoms with van der Waals surface area (Å²) >= 11 is 0. The highest BCUT2D eigenvalue weighted by Crippen LogP contribution is 1.96. The molecule has 6 N–H and O–H groups in total. The van der Waals surface area contributed by atoms with Crippen molar-refractivity contribution in [2.24, 2.45) is 29.0 Å². The molecule has 0 radical (unpaired) electrons. The quantitative estimate of drug-likeness (QED) is 0.734. The van der Waals surface area contributed by atoms with Crippen molar-refractivity contribution in [1.29, 1.82) is 0 Å². The smallest absolute Gasteiger partial charge is 0.0911 e. The van der Waals surface area contributed by atoms with Crippen molar-refractivity contribution in [3.8, 4) is 0 Å². The van der Waals surface area contributed by atoms with E-state index in [1.54, 1.807) is 0 Å². The molecule has 0 aromatic carbocycles. The Hall–Kier alpha value is -1.16. The number of hydrogen-bond acceptors (Lipinski definition) is 4. The summed E-state index contributed by atoms with van der Waals surface area (Å²) in [6.45, 7) is 20.3. The van der Waals surface area contributed by atoms with Gasteiger partial charge in [0.1, 0.15) is 0 Å². The third kappa shape index (κ3) is 22.5. The summed E-state index contributed by atoms with van der Waals surface area (Å²) in [4.78, 5) is 1.92. The van der Waals surface area contributed by atoms with E-state index in [1.807, 2.05) is 25.8 Å². The van der Waals surface area contributed by atoms with E-state index in [4.69, 9.17) is 17.2 Å². The van der Waals surface area contributed by atoms with E-state index in [0.717, 1.165) is 12.2 Å². The predicted molar refractivity (Wildman–Crippen MR) is 88.3 cm³/mol. The van der Waals surface area contributed by atoms with Crippen LogP contribution in [0.15, 0.2) is 24.7 Å². The zero-order chi connectivity index (χ0) is 16.2. The maximum absolute atomic E-state index is 5.37. The molecule has 0 amide bonds. The Morgan fingerprint density at radius 3 is 1.26 bits per heavy atom. The molecule has 0 aliphatic carbocycles. The minimum Gasteiger partial charge on any atom is -0.402 e. The fourth-order valence-corrected chi connectivity index (χ4v) is 0.332. The van der Waals surface area contributed by atoms with Crippen LogP contribution in [0.4, 0.5) is 0 Å². The summed E-state index contributed by atoms with van der Waals surface area (Å²) in [7, 11) is 1.92. The van der Waals surface area contributed by atoms with Crippen molar-refractivity contribution in [3.05, 3.63) is 24.7 Å². The Bertz CT molecular complexity index is 232. The van der Waals surface area contributed by atoms with Crippen LogP contribution >= 0.6 is 0 Å². The van der Waals surface area contributed by atoms with E-state index in [9.17, 15) is 0 Å². The lowest BCUT2D eigenvalue weighted by Crippen LogP contribution is -2.28. The van der Waals surface area contributed by atoms with E-state index in [1.165, 1.54) is 0 Å². The van der Waals surface area contributed by atoms with Crippen molar-refractivity contribution in [3.63, 3.8) is 0 Å². The molecule has 4 heteroatoms. The van der Waals surface area contributed by atoms with Crippen LogP contribution in [0.25, 0.3) is 0 Å².